The third-order valence-electron chi connectivity index (χ3n) is 2.79. The van der Waals surface area contributed by atoms with Gasteiger partial charge in [0.2, 0.25) is 5.91 Å². The summed E-state index contributed by atoms with van der Waals surface area (Å²) in [5, 5.41) is 15.5. The van der Waals surface area contributed by atoms with Gasteiger partial charge in [-0.25, -0.2) is 0 Å². The van der Waals surface area contributed by atoms with Crippen LogP contribution in [0.4, 0.5) is 0 Å². The minimum absolute atomic E-state index is 0.0603. The average Bonchev–Trinajstić information content (AvgIpc) is 2.70. The van der Waals surface area contributed by atoms with Crippen molar-refractivity contribution in [3.05, 3.63) is 24.0 Å². The van der Waals surface area contributed by atoms with Gasteiger partial charge >= 0.3 is 5.97 Å². The lowest BCUT2D eigenvalue weighted by atomic mass is 10.0. The Bertz CT molecular complexity index is 477. The van der Waals surface area contributed by atoms with Crippen molar-refractivity contribution in [2.45, 2.75) is 26.3 Å². The maximum Gasteiger partial charge on any atom is 0.305 e. The lowest BCUT2D eigenvalue weighted by Crippen LogP contribution is -2.39. The summed E-state index contributed by atoms with van der Waals surface area (Å²) >= 11 is 0. The maximum absolute atomic E-state index is 11.7. The molecule has 1 rings (SSSR count). The van der Waals surface area contributed by atoms with Crippen molar-refractivity contribution in [2.24, 2.45) is 13.0 Å². The van der Waals surface area contributed by atoms with Gasteiger partial charge in [-0.1, -0.05) is 13.8 Å². The van der Waals surface area contributed by atoms with Gasteiger partial charge in [-0.15, -0.1) is 0 Å². The third-order valence-corrected chi connectivity index (χ3v) is 2.79. The number of hydrogen-bond donors (Lipinski definition) is 2. The van der Waals surface area contributed by atoms with Crippen LogP contribution in [-0.2, 0) is 16.6 Å². The lowest BCUT2D eigenvalue weighted by Gasteiger charge is -2.19. The first-order valence-electron chi connectivity index (χ1n) is 6.08. The molecule has 0 fully saturated rings. The molecule has 0 aliphatic rings. The van der Waals surface area contributed by atoms with Gasteiger partial charge in [0.15, 0.2) is 0 Å². The van der Waals surface area contributed by atoms with Crippen molar-refractivity contribution < 1.29 is 14.7 Å². The number of amides is 1. The average molecular weight is 265 g/mol. The van der Waals surface area contributed by atoms with E-state index < -0.39 is 5.97 Å². The van der Waals surface area contributed by atoms with Crippen LogP contribution in [0.5, 0.6) is 0 Å². The molecule has 1 aromatic heterocycles. The summed E-state index contributed by atoms with van der Waals surface area (Å²) in [6, 6.07) is 1.40. The van der Waals surface area contributed by atoms with Crippen molar-refractivity contribution >= 4 is 18.0 Å². The molecule has 0 saturated carbocycles. The summed E-state index contributed by atoms with van der Waals surface area (Å²) in [5.74, 6) is -1.17. The summed E-state index contributed by atoms with van der Waals surface area (Å²) in [7, 11) is 1.78. The second-order valence-corrected chi connectivity index (χ2v) is 4.67. The monoisotopic (exact) mass is 265 g/mol. The van der Waals surface area contributed by atoms with E-state index in [2.05, 4.69) is 10.4 Å². The Morgan fingerprint density at radius 1 is 1.53 bits per heavy atom. The van der Waals surface area contributed by atoms with Crippen molar-refractivity contribution in [1.82, 2.24) is 15.1 Å². The molecule has 1 amide bonds. The number of carboxylic acids is 1. The molecule has 1 unspecified atom stereocenters. The van der Waals surface area contributed by atoms with Crippen LogP contribution in [0.25, 0.3) is 6.08 Å². The number of rotatable bonds is 6. The third kappa shape index (κ3) is 4.95. The molecule has 19 heavy (non-hydrogen) atoms. The topological polar surface area (TPSA) is 84.2 Å². The van der Waals surface area contributed by atoms with E-state index in [1.807, 2.05) is 13.8 Å². The van der Waals surface area contributed by atoms with Gasteiger partial charge in [-0.05, 0) is 18.1 Å². The Morgan fingerprint density at radius 2 is 2.21 bits per heavy atom. The summed E-state index contributed by atoms with van der Waals surface area (Å²) in [6.07, 6.45) is 4.58. The first kappa shape index (κ1) is 14.9. The minimum atomic E-state index is -0.922. The van der Waals surface area contributed by atoms with E-state index in [4.69, 9.17) is 5.11 Å². The highest BCUT2D eigenvalue weighted by Gasteiger charge is 2.18. The molecule has 6 heteroatoms. The van der Waals surface area contributed by atoms with Crippen LogP contribution < -0.4 is 5.32 Å². The molecule has 0 saturated heterocycles. The molecule has 2 N–H and O–H groups in total. The fourth-order valence-corrected chi connectivity index (χ4v) is 1.58. The zero-order valence-corrected chi connectivity index (χ0v) is 11.3. The van der Waals surface area contributed by atoms with E-state index in [0.717, 1.165) is 5.69 Å². The van der Waals surface area contributed by atoms with Gasteiger partial charge < -0.3 is 10.4 Å². The van der Waals surface area contributed by atoms with Gasteiger partial charge in [0, 0.05) is 25.4 Å². The minimum Gasteiger partial charge on any atom is -0.481 e. The number of carboxylic acid groups (broad SMARTS) is 1. The van der Waals surface area contributed by atoms with Crippen LogP contribution in [0.2, 0.25) is 0 Å². The molecule has 1 heterocycles. The largest absolute Gasteiger partial charge is 0.481 e. The highest BCUT2D eigenvalue weighted by molar-refractivity contribution is 5.91. The number of aliphatic carboxylic acids is 1. The van der Waals surface area contributed by atoms with Gasteiger partial charge in [0.1, 0.15) is 0 Å². The molecule has 104 valence electrons. The molecule has 0 aliphatic carbocycles. The Labute approximate surface area is 112 Å². The Kier molecular flexibility index (Phi) is 5.29. The number of hydrogen-bond acceptors (Lipinski definition) is 3. The summed E-state index contributed by atoms with van der Waals surface area (Å²) in [6.45, 7) is 3.75. The Morgan fingerprint density at radius 3 is 2.68 bits per heavy atom. The molecule has 0 aromatic carbocycles. The molecule has 1 aromatic rings. The number of carbonyl (C=O) groups excluding carboxylic acids is 1. The molecular weight excluding hydrogens is 246 g/mol. The second-order valence-electron chi connectivity index (χ2n) is 4.67. The van der Waals surface area contributed by atoms with Gasteiger partial charge in [0.05, 0.1) is 12.1 Å². The number of nitrogens with one attached hydrogen (secondary N) is 1. The molecule has 0 spiro atoms. The highest BCUT2D eigenvalue weighted by atomic mass is 16.4. The van der Waals surface area contributed by atoms with Crippen molar-refractivity contribution in [3.63, 3.8) is 0 Å². The smallest absolute Gasteiger partial charge is 0.305 e. The van der Waals surface area contributed by atoms with Crippen LogP contribution in [-0.4, -0.2) is 32.8 Å². The van der Waals surface area contributed by atoms with Crippen LogP contribution in [0, 0.1) is 5.92 Å². The number of aryl methyl sites for hydroxylation is 1. The zero-order valence-electron chi connectivity index (χ0n) is 11.3. The van der Waals surface area contributed by atoms with E-state index in [1.165, 1.54) is 6.08 Å². The van der Waals surface area contributed by atoms with Gasteiger partial charge in [0.25, 0.3) is 0 Å². The van der Waals surface area contributed by atoms with Gasteiger partial charge in [-0.2, -0.15) is 5.10 Å². The number of carbonyl (C=O) groups is 2. The SMILES string of the molecule is CC(C)C(CC(=O)O)NC(=O)/C=C/c1ccnn1C. The predicted octanol–water partition coefficient (Wildman–Crippen LogP) is 1.05. The van der Waals surface area contributed by atoms with Crippen molar-refractivity contribution in [2.75, 3.05) is 0 Å². The highest BCUT2D eigenvalue weighted by Crippen LogP contribution is 2.06. The van der Waals surface area contributed by atoms with E-state index in [0.29, 0.717) is 0 Å². The molecule has 0 aliphatic heterocycles. The maximum atomic E-state index is 11.7. The van der Waals surface area contributed by atoms with E-state index >= 15 is 0 Å². The van der Waals surface area contributed by atoms with Crippen LogP contribution in [0.3, 0.4) is 0 Å². The van der Waals surface area contributed by atoms with E-state index in [-0.39, 0.29) is 24.3 Å². The van der Waals surface area contributed by atoms with Gasteiger partial charge in [-0.3, -0.25) is 14.3 Å². The summed E-state index contributed by atoms with van der Waals surface area (Å²) < 4.78 is 1.64. The van der Waals surface area contributed by atoms with E-state index in [9.17, 15) is 9.59 Å². The van der Waals surface area contributed by atoms with E-state index in [1.54, 1.807) is 30.1 Å². The zero-order chi connectivity index (χ0) is 14.4. The number of aromatic nitrogens is 2. The Balaban J connectivity index is 2.60. The summed E-state index contributed by atoms with van der Waals surface area (Å²) in [5.41, 5.74) is 0.800. The van der Waals surface area contributed by atoms with Crippen LogP contribution >= 0.6 is 0 Å². The van der Waals surface area contributed by atoms with Crippen LogP contribution in [0.15, 0.2) is 18.3 Å². The first-order valence-corrected chi connectivity index (χ1v) is 6.08. The normalized spacial score (nSPS) is 12.8. The standard InChI is InChI=1S/C13H19N3O3/c1-9(2)11(8-13(18)19)15-12(17)5-4-10-6-7-14-16(10)3/h4-7,9,11H,8H2,1-3H3,(H,15,17)(H,18,19)/b5-4+. The molecule has 0 bridgehead atoms. The Hall–Kier alpha value is -2.11. The molecular formula is C13H19N3O3. The predicted molar refractivity (Wildman–Crippen MR) is 71.3 cm³/mol. The van der Waals surface area contributed by atoms with Crippen molar-refractivity contribution in [3.8, 4) is 0 Å². The first-order chi connectivity index (χ1) is 8.90. The number of nitrogens with zero attached hydrogens (tertiary/aromatic N) is 2. The molecule has 6 nitrogen and oxygen atoms in total. The fourth-order valence-electron chi connectivity index (χ4n) is 1.58. The quantitative estimate of drug-likeness (QED) is 0.753. The second kappa shape index (κ2) is 6.72. The molecule has 0 radical (unpaired) electrons. The molecule has 1 atom stereocenters. The van der Waals surface area contributed by atoms with Crippen LogP contribution in [0.1, 0.15) is 26.0 Å². The fraction of sp³-hybridized carbons (Fsp3) is 0.462. The van der Waals surface area contributed by atoms with Crippen molar-refractivity contribution in [1.29, 1.82) is 0 Å². The summed E-state index contributed by atoms with van der Waals surface area (Å²) in [4.78, 5) is 22.4. The lowest BCUT2D eigenvalue weighted by molar-refractivity contribution is -0.138.